The highest BCUT2D eigenvalue weighted by Crippen LogP contribution is 1.67. The van der Waals surface area contributed by atoms with E-state index in [2.05, 4.69) is 0 Å². The molecule has 0 fully saturated rings. The second-order valence-electron chi connectivity index (χ2n) is 0.600. The molecule has 0 saturated carbocycles. The van der Waals surface area contributed by atoms with Gasteiger partial charge in [-0.3, -0.25) is 0 Å². The highest BCUT2D eigenvalue weighted by Gasteiger charge is 2.22. The third kappa shape index (κ3) is 177. The maximum absolute atomic E-state index is 7.33. The number of hydrogen-bond donors (Lipinski definition) is 4. The van der Waals surface area contributed by atoms with Crippen LogP contribution in [0.25, 0.3) is 0 Å². The van der Waals surface area contributed by atoms with Crippen molar-refractivity contribution >= 4 is 67.8 Å². The lowest BCUT2D eigenvalue weighted by molar-refractivity contribution is 0.117. The van der Waals surface area contributed by atoms with Crippen molar-refractivity contribution in [3.05, 3.63) is 0 Å². The highest BCUT2D eigenvalue weighted by molar-refractivity contribution is 6.92. The van der Waals surface area contributed by atoms with E-state index in [1.54, 1.807) is 0 Å². The normalized spacial score (nSPS) is 6.67. The van der Waals surface area contributed by atoms with Crippen molar-refractivity contribution in [1.29, 1.82) is 0 Å². The predicted molar refractivity (Wildman–Crippen MR) is 54.2 cm³/mol. The molecule has 1 unspecified atom stereocenters. The fourth-order valence-corrected chi connectivity index (χ4v) is 0. The van der Waals surface area contributed by atoms with Gasteiger partial charge in [0.05, 0.1) is 8.41 Å². The molecule has 4 nitrogen and oxygen atoms in total. The first kappa shape index (κ1) is 30.8. The zero-order valence-electron chi connectivity index (χ0n) is 3.00. The molecule has 0 aromatic heterocycles. The first-order valence-electron chi connectivity index (χ1n) is 0.894. The minimum absolute atomic E-state index is 0. The van der Waals surface area contributed by atoms with Gasteiger partial charge in [-0.25, -0.2) is 0 Å². The summed E-state index contributed by atoms with van der Waals surface area (Å²) in [6.45, 7) is 0. The van der Waals surface area contributed by atoms with Crippen molar-refractivity contribution in [3.8, 4) is 0 Å². The molecule has 0 aliphatic carbocycles. The quantitative estimate of drug-likeness (QED) is 0.232. The molecule has 0 aromatic rings. The first-order valence-corrected chi connectivity index (χ1v) is 2.68. The summed E-state index contributed by atoms with van der Waals surface area (Å²) in [5.74, 6) is 0. The molecule has 0 spiro atoms. The van der Waals surface area contributed by atoms with Gasteiger partial charge in [-0.1, -0.05) is 0 Å². The maximum atomic E-state index is 7.33. The van der Waals surface area contributed by atoms with Crippen LogP contribution in [0.15, 0.2) is 0 Å². The van der Waals surface area contributed by atoms with E-state index >= 15 is 0 Å². The van der Waals surface area contributed by atoms with Gasteiger partial charge in [-0.2, -0.15) is 9.90 Å². The van der Waals surface area contributed by atoms with E-state index in [9.17, 15) is 0 Å². The van der Waals surface area contributed by atoms with E-state index in [0.29, 0.717) is 0 Å². The van der Waals surface area contributed by atoms with E-state index in [4.69, 9.17) is 19.2 Å². The van der Waals surface area contributed by atoms with Gasteiger partial charge in [0.15, 0.2) is 17.4 Å². The zero-order chi connectivity index (χ0) is 4.50. The molecule has 0 rings (SSSR count). The molecule has 0 aromatic carbocycles. The molecule has 9 heteroatoms. The van der Waals surface area contributed by atoms with Crippen LogP contribution in [-0.2, 0) is 0 Å². The van der Waals surface area contributed by atoms with Gasteiger partial charge in [0.25, 0.3) is 0 Å². The molecule has 4 N–H and O–H groups in total. The lowest BCUT2D eigenvalue weighted by Gasteiger charge is -1.91. The Morgan fingerprint density at radius 3 is 0.889 bits per heavy atom. The fourth-order valence-electron chi connectivity index (χ4n) is 0. The maximum Gasteiger partial charge on any atom is 0.668 e. The van der Waals surface area contributed by atoms with Crippen molar-refractivity contribution < 1.29 is 19.2 Å². The number of rotatable bonds is 0. The SMILES string of the molecule is B.O[Si](O)(O)O.P.[AlH3].[MgH2]. The third-order valence-electron chi connectivity index (χ3n) is 0. The summed E-state index contributed by atoms with van der Waals surface area (Å²) in [5.41, 5.74) is 0. The average Bonchev–Trinajstić information content (AvgIpc) is 0.722. The number of hydrogen-bond acceptors (Lipinski definition) is 4. The van der Waals surface area contributed by atoms with Crippen LogP contribution in [0.4, 0.5) is 0 Å². The van der Waals surface area contributed by atoms with Gasteiger partial charge in [-0.15, -0.1) is 0 Å². The Labute approximate surface area is 86.6 Å². The molecule has 9 heavy (non-hydrogen) atoms. The molecule has 1 atom stereocenters. The summed E-state index contributed by atoms with van der Waals surface area (Å²) in [4.78, 5) is 29.3. The van der Waals surface area contributed by atoms with Crippen LogP contribution in [0.5, 0.6) is 0 Å². The molecular formula is H15AlBMgO4PSi. The monoisotopic (exact) mass is 200 g/mol. The van der Waals surface area contributed by atoms with Gasteiger partial charge in [0, 0.05) is 0 Å². The Bertz CT molecular complexity index is 36.0. The van der Waals surface area contributed by atoms with Gasteiger partial charge in [-0.05, 0) is 0 Å². The van der Waals surface area contributed by atoms with Crippen LogP contribution in [0.3, 0.4) is 0 Å². The zero-order valence-corrected chi connectivity index (χ0v) is 5.41. The summed E-state index contributed by atoms with van der Waals surface area (Å²) in [7, 11) is -4.61. The summed E-state index contributed by atoms with van der Waals surface area (Å²) >= 11 is 0. The topological polar surface area (TPSA) is 80.9 Å². The van der Waals surface area contributed by atoms with Crippen LogP contribution in [-0.4, -0.2) is 77.1 Å². The molecule has 0 saturated heterocycles. The summed E-state index contributed by atoms with van der Waals surface area (Å²) < 4.78 is 0. The van der Waals surface area contributed by atoms with Crippen LogP contribution < -0.4 is 0 Å². The van der Waals surface area contributed by atoms with E-state index in [1.165, 1.54) is 0 Å². The van der Waals surface area contributed by atoms with Crippen LogP contribution in [0.1, 0.15) is 0 Å². The Hall–Kier alpha value is 1.85. The van der Waals surface area contributed by atoms with E-state index < -0.39 is 9.05 Å². The van der Waals surface area contributed by atoms with Crippen LogP contribution in [0.2, 0.25) is 0 Å². The van der Waals surface area contributed by atoms with Crippen molar-refractivity contribution in [3.63, 3.8) is 0 Å². The first-order chi connectivity index (χ1) is 2.00. The van der Waals surface area contributed by atoms with Crippen molar-refractivity contribution in [1.82, 2.24) is 0 Å². The van der Waals surface area contributed by atoms with Crippen molar-refractivity contribution in [2.24, 2.45) is 0 Å². The van der Waals surface area contributed by atoms with Crippen LogP contribution >= 0.6 is 9.90 Å². The van der Waals surface area contributed by atoms with E-state index in [0.717, 1.165) is 0 Å². The minimum Gasteiger partial charge on any atom is -0.368 e. The Morgan fingerprint density at radius 1 is 0.889 bits per heavy atom. The van der Waals surface area contributed by atoms with Gasteiger partial charge in [0.1, 0.15) is 0 Å². The van der Waals surface area contributed by atoms with E-state index in [-0.39, 0.29) is 58.7 Å². The second kappa shape index (κ2) is 12.5. The largest absolute Gasteiger partial charge is 0.668 e. The summed E-state index contributed by atoms with van der Waals surface area (Å²) in [6.07, 6.45) is 0. The van der Waals surface area contributed by atoms with Gasteiger partial charge < -0.3 is 19.2 Å². The molecule has 0 bridgehead atoms. The molecule has 56 valence electrons. The van der Waals surface area contributed by atoms with E-state index in [1.807, 2.05) is 0 Å². The standard InChI is InChI=1S/Al.BH3.Mg.H4O4Si.H3P.5H/c;;;1-5(2,3)4;;;;;;/h;1H3;;1-4H;1H3;;;;;. The second-order valence-corrected chi connectivity index (χ2v) is 1.80. The summed E-state index contributed by atoms with van der Waals surface area (Å²) in [5, 5.41) is 0. The van der Waals surface area contributed by atoms with Crippen LogP contribution in [0, 0.1) is 0 Å². The molecular weight excluding hydrogens is 185 g/mol. The fraction of sp³-hybridized carbons (Fsp3) is 0. The highest BCUT2D eigenvalue weighted by atomic mass is 31.0. The lowest BCUT2D eigenvalue weighted by atomic mass is 10.8. The predicted octanol–water partition coefficient (Wildman–Crippen LogP) is -5.83. The molecule has 0 aliphatic rings. The third-order valence-corrected chi connectivity index (χ3v) is 0. The Morgan fingerprint density at radius 2 is 0.889 bits per heavy atom. The smallest absolute Gasteiger partial charge is 0.368 e. The Balaban J connectivity index is -0.0000000133. The van der Waals surface area contributed by atoms with Crippen molar-refractivity contribution in [2.75, 3.05) is 0 Å². The van der Waals surface area contributed by atoms with Gasteiger partial charge >= 0.3 is 32.1 Å². The van der Waals surface area contributed by atoms with Crippen molar-refractivity contribution in [2.45, 2.75) is 0 Å². The minimum atomic E-state index is -4.61. The Kier molecular flexibility index (Phi) is 42.8. The average molecular weight is 200 g/mol. The van der Waals surface area contributed by atoms with Gasteiger partial charge in [0.2, 0.25) is 0 Å². The molecule has 0 radical (unpaired) electrons. The lowest BCUT2D eigenvalue weighted by Crippen LogP contribution is -2.33. The molecule has 0 amide bonds. The molecule has 0 aliphatic heterocycles. The summed E-state index contributed by atoms with van der Waals surface area (Å²) in [6, 6.07) is 0. The molecule has 0 heterocycles.